The van der Waals surface area contributed by atoms with Crippen LogP contribution in [0.25, 0.3) is 0 Å². The van der Waals surface area contributed by atoms with Crippen molar-refractivity contribution in [3.05, 3.63) is 38.4 Å². The van der Waals surface area contributed by atoms with Gasteiger partial charge in [-0.05, 0) is 46.1 Å². The number of non-ortho nitro benzene ring substituents is 1. The number of nitrogens with one attached hydrogen (secondary N) is 1. The summed E-state index contributed by atoms with van der Waals surface area (Å²) in [4.78, 5) is 33.7. The first-order valence-corrected chi connectivity index (χ1v) is 10.7. The van der Waals surface area contributed by atoms with E-state index in [9.17, 15) is 33.4 Å². The molecule has 2 heterocycles. The second kappa shape index (κ2) is 7.47. The molecule has 2 fully saturated rings. The predicted molar refractivity (Wildman–Crippen MR) is 103 cm³/mol. The van der Waals surface area contributed by atoms with E-state index in [1.807, 2.05) is 0 Å². The molecule has 0 aliphatic carbocycles. The van der Waals surface area contributed by atoms with Crippen molar-refractivity contribution in [1.29, 1.82) is 0 Å². The highest BCUT2D eigenvalue weighted by Crippen LogP contribution is 2.40. The summed E-state index contributed by atoms with van der Waals surface area (Å²) >= 11 is 0. The van der Waals surface area contributed by atoms with Gasteiger partial charge in [-0.1, -0.05) is 0 Å². The Morgan fingerprint density at radius 1 is 1.20 bits per heavy atom. The number of amides is 1. The van der Waals surface area contributed by atoms with Crippen LogP contribution in [0.4, 0.5) is 16.2 Å². The topological polar surface area (TPSA) is 162 Å². The van der Waals surface area contributed by atoms with Gasteiger partial charge in [0, 0.05) is 18.2 Å². The number of carbonyl (C=O) groups excluding carboxylic acids is 1. The van der Waals surface area contributed by atoms with Crippen LogP contribution in [0.2, 0.25) is 0 Å². The van der Waals surface area contributed by atoms with E-state index in [0.717, 1.165) is 12.1 Å². The number of nitro groups is 2. The van der Waals surface area contributed by atoms with E-state index in [4.69, 9.17) is 4.74 Å². The van der Waals surface area contributed by atoms with E-state index in [-0.39, 0.29) is 6.04 Å². The summed E-state index contributed by atoms with van der Waals surface area (Å²) in [7, 11) is -4.36. The SMILES string of the molecule is CC(C)(C)OC(=O)N1[C@H]2CC[C@@H]1[C@@H](NS(=O)(=O)c1ccc([N+](=O)[O-])cc1[N+](=O)[O-])C2. The van der Waals surface area contributed by atoms with E-state index in [1.54, 1.807) is 20.8 Å². The van der Waals surface area contributed by atoms with Gasteiger partial charge in [0.15, 0.2) is 4.90 Å². The Morgan fingerprint density at radius 2 is 1.87 bits per heavy atom. The number of rotatable bonds is 5. The molecular formula is C17H22N4O8S. The number of nitro benzene ring substituents is 2. The molecule has 2 aliphatic heterocycles. The van der Waals surface area contributed by atoms with Crippen LogP contribution in [0.15, 0.2) is 23.1 Å². The molecular weight excluding hydrogens is 420 g/mol. The van der Waals surface area contributed by atoms with Crippen molar-refractivity contribution in [2.24, 2.45) is 0 Å². The monoisotopic (exact) mass is 442 g/mol. The lowest BCUT2D eigenvalue weighted by Crippen LogP contribution is -2.46. The molecule has 2 aliphatic rings. The Bertz CT molecular complexity index is 1000. The largest absolute Gasteiger partial charge is 0.444 e. The van der Waals surface area contributed by atoms with Gasteiger partial charge in [0.1, 0.15) is 5.60 Å². The number of hydrogen-bond donors (Lipinski definition) is 1. The molecule has 12 nitrogen and oxygen atoms in total. The van der Waals surface area contributed by atoms with Gasteiger partial charge in [0.05, 0.1) is 22.0 Å². The van der Waals surface area contributed by atoms with Crippen molar-refractivity contribution >= 4 is 27.5 Å². The minimum Gasteiger partial charge on any atom is -0.444 e. The van der Waals surface area contributed by atoms with Gasteiger partial charge in [-0.3, -0.25) is 20.2 Å². The van der Waals surface area contributed by atoms with Gasteiger partial charge in [-0.15, -0.1) is 0 Å². The minimum atomic E-state index is -4.36. The minimum absolute atomic E-state index is 0.190. The molecule has 3 atom stereocenters. The molecule has 164 valence electrons. The van der Waals surface area contributed by atoms with E-state index in [2.05, 4.69) is 4.72 Å². The number of sulfonamides is 1. The number of fused-ring (bicyclic) bond motifs is 2. The lowest BCUT2D eigenvalue weighted by atomic mass is 9.96. The van der Waals surface area contributed by atoms with Crippen molar-refractivity contribution in [2.75, 3.05) is 0 Å². The highest BCUT2D eigenvalue weighted by molar-refractivity contribution is 7.89. The smallest absolute Gasteiger partial charge is 0.410 e. The number of ether oxygens (including phenoxy) is 1. The summed E-state index contributed by atoms with van der Waals surface area (Å²) in [5.41, 5.74) is -2.17. The lowest BCUT2D eigenvalue weighted by Gasteiger charge is -2.28. The Kier molecular flexibility index (Phi) is 5.45. The fourth-order valence-corrected chi connectivity index (χ4v) is 5.40. The summed E-state index contributed by atoms with van der Waals surface area (Å²) in [5.74, 6) is 0. The molecule has 1 N–H and O–H groups in total. The van der Waals surface area contributed by atoms with E-state index in [1.165, 1.54) is 4.90 Å². The average molecular weight is 442 g/mol. The van der Waals surface area contributed by atoms with E-state index >= 15 is 0 Å². The average Bonchev–Trinajstić information content (AvgIpc) is 3.16. The highest BCUT2D eigenvalue weighted by Gasteiger charge is 2.51. The number of benzene rings is 1. The fraction of sp³-hybridized carbons (Fsp3) is 0.588. The molecule has 2 bridgehead atoms. The molecule has 1 aromatic rings. The molecule has 0 aromatic heterocycles. The zero-order valence-corrected chi connectivity index (χ0v) is 17.4. The molecule has 13 heteroatoms. The molecule has 0 unspecified atom stereocenters. The summed E-state index contributed by atoms with van der Waals surface area (Å²) in [5, 5.41) is 22.2. The summed E-state index contributed by atoms with van der Waals surface area (Å²) < 4.78 is 33.6. The Labute approximate surface area is 172 Å². The van der Waals surface area contributed by atoms with Gasteiger partial charge >= 0.3 is 6.09 Å². The van der Waals surface area contributed by atoms with Gasteiger partial charge in [0.25, 0.3) is 11.4 Å². The molecule has 0 radical (unpaired) electrons. The molecule has 3 rings (SSSR count). The molecule has 0 spiro atoms. The second-order valence-corrected chi connectivity index (χ2v) is 10.00. The quantitative estimate of drug-likeness (QED) is 0.536. The van der Waals surface area contributed by atoms with Gasteiger partial charge < -0.3 is 9.64 Å². The molecule has 1 aromatic carbocycles. The van der Waals surface area contributed by atoms with Crippen molar-refractivity contribution in [1.82, 2.24) is 9.62 Å². The number of nitrogens with zero attached hydrogens (tertiary/aromatic N) is 3. The van der Waals surface area contributed by atoms with Crippen LogP contribution in [0.3, 0.4) is 0 Å². The molecule has 2 saturated heterocycles. The summed E-state index contributed by atoms with van der Waals surface area (Å²) in [6.45, 7) is 5.20. The highest BCUT2D eigenvalue weighted by atomic mass is 32.2. The maximum atomic E-state index is 12.9. The third-order valence-electron chi connectivity index (χ3n) is 5.09. The van der Waals surface area contributed by atoms with Crippen LogP contribution < -0.4 is 4.72 Å². The number of carbonyl (C=O) groups is 1. The van der Waals surface area contributed by atoms with E-state index < -0.39 is 59.9 Å². The van der Waals surface area contributed by atoms with Crippen LogP contribution in [0.1, 0.15) is 40.0 Å². The number of hydrogen-bond acceptors (Lipinski definition) is 8. The fourth-order valence-electron chi connectivity index (χ4n) is 3.97. The Balaban J connectivity index is 1.84. The van der Waals surface area contributed by atoms with Gasteiger partial charge in [-0.25, -0.2) is 17.9 Å². The Morgan fingerprint density at radius 3 is 2.43 bits per heavy atom. The molecule has 1 amide bonds. The summed E-state index contributed by atoms with van der Waals surface area (Å²) in [6.07, 6.45) is 1.10. The standard InChI is InChI=1S/C17H22N4O8S/c1-17(2,3)29-16(22)19-10-4-6-13(19)12(8-10)18-30(27,28)15-7-5-11(20(23)24)9-14(15)21(25)26/h5,7,9-10,12-13,18H,4,6,8H2,1-3H3/t10-,12-,13+/m0/s1. The van der Waals surface area contributed by atoms with Crippen LogP contribution >= 0.6 is 0 Å². The first-order chi connectivity index (χ1) is 13.8. The second-order valence-electron chi connectivity index (χ2n) is 8.32. The van der Waals surface area contributed by atoms with E-state index in [0.29, 0.717) is 25.3 Å². The normalized spacial score (nSPS) is 23.4. The molecule has 30 heavy (non-hydrogen) atoms. The molecule has 0 saturated carbocycles. The zero-order valence-electron chi connectivity index (χ0n) is 16.6. The van der Waals surface area contributed by atoms with Crippen LogP contribution in [-0.4, -0.2) is 53.0 Å². The summed E-state index contributed by atoms with van der Waals surface area (Å²) in [6, 6.07) is 1.09. The van der Waals surface area contributed by atoms with Crippen LogP contribution in [0, 0.1) is 20.2 Å². The maximum Gasteiger partial charge on any atom is 0.410 e. The third kappa shape index (κ3) is 4.21. The van der Waals surface area contributed by atoms with Gasteiger partial charge in [-0.2, -0.15) is 0 Å². The van der Waals surface area contributed by atoms with Gasteiger partial charge in [0.2, 0.25) is 10.0 Å². The first kappa shape index (κ1) is 21.9. The first-order valence-electron chi connectivity index (χ1n) is 9.26. The van der Waals surface area contributed by atoms with Crippen LogP contribution in [-0.2, 0) is 14.8 Å². The third-order valence-corrected chi connectivity index (χ3v) is 6.62. The van der Waals surface area contributed by atoms with Crippen molar-refractivity contribution < 1.29 is 27.8 Å². The van der Waals surface area contributed by atoms with Crippen molar-refractivity contribution in [3.63, 3.8) is 0 Å². The van der Waals surface area contributed by atoms with Crippen molar-refractivity contribution in [3.8, 4) is 0 Å². The maximum absolute atomic E-state index is 12.9. The van der Waals surface area contributed by atoms with Crippen molar-refractivity contribution in [2.45, 2.75) is 68.7 Å². The Hall–Kier alpha value is -2.80. The predicted octanol–water partition coefficient (Wildman–Crippen LogP) is 2.32. The van der Waals surface area contributed by atoms with Crippen LogP contribution in [0.5, 0.6) is 0 Å². The zero-order chi connectivity index (χ0) is 22.4. The lowest BCUT2D eigenvalue weighted by molar-refractivity contribution is -0.396.